The second-order valence-corrected chi connectivity index (χ2v) is 6.36. The maximum absolute atomic E-state index is 12.6. The van der Waals surface area contributed by atoms with Crippen molar-refractivity contribution in [1.29, 1.82) is 0 Å². The molecule has 1 heterocycles. The summed E-state index contributed by atoms with van der Waals surface area (Å²) in [4.78, 5) is 12.6. The van der Waals surface area contributed by atoms with Gasteiger partial charge >= 0.3 is 0 Å². The summed E-state index contributed by atoms with van der Waals surface area (Å²) in [6.07, 6.45) is 2.13. The Morgan fingerprint density at radius 3 is 2.67 bits per heavy atom. The largest absolute Gasteiger partial charge is 0.512 e. The van der Waals surface area contributed by atoms with Gasteiger partial charge in [0.2, 0.25) is 0 Å². The van der Waals surface area contributed by atoms with Crippen molar-refractivity contribution in [2.24, 2.45) is 11.8 Å². The molecule has 0 spiro atoms. The standard InChI is InChI=1S/C18H22O3/c1-11-3-4-12(2)15(7-11)18-16(19)8-14(9-17(18)20)13-5-6-21-10-13/h3-4,7,13-14,19H,5-6,8-10H2,1-2H3. The van der Waals surface area contributed by atoms with Gasteiger partial charge in [-0.05, 0) is 43.2 Å². The first-order valence-corrected chi connectivity index (χ1v) is 7.67. The van der Waals surface area contributed by atoms with E-state index >= 15 is 0 Å². The Kier molecular flexibility index (Phi) is 3.85. The number of aryl methyl sites for hydroxylation is 2. The van der Waals surface area contributed by atoms with E-state index in [1.54, 1.807) is 0 Å². The molecule has 0 radical (unpaired) electrons. The van der Waals surface area contributed by atoms with Crippen molar-refractivity contribution in [1.82, 2.24) is 0 Å². The molecular formula is C18H22O3. The number of carbonyl (C=O) groups excluding carboxylic acids is 1. The number of benzene rings is 1. The van der Waals surface area contributed by atoms with Crippen LogP contribution in [0.5, 0.6) is 0 Å². The summed E-state index contributed by atoms with van der Waals surface area (Å²) >= 11 is 0. The SMILES string of the molecule is Cc1ccc(C)c(C2=C(O)CC(C3CCOC3)CC2=O)c1. The fourth-order valence-electron chi connectivity index (χ4n) is 3.49. The van der Waals surface area contributed by atoms with E-state index in [2.05, 4.69) is 0 Å². The highest BCUT2D eigenvalue weighted by Crippen LogP contribution is 2.38. The molecule has 1 aromatic rings. The highest BCUT2D eigenvalue weighted by Gasteiger charge is 2.35. The van der Waals surface area contributed by atoms with Crippen molar-refractivity contribution >= 4 is 11.4 Å². The van der Waals surface area contributed by atoms with Crippen molar-refractivity contribution in [3.8, 4) is 0 Å². The molecule has 3 nitrogen and oxygen atoms in total. The van der Waals surface area contributed by atoms with Gasteiger partial charge in [0.1, 0.15) is 5.76 Å². The number of hydrogen-bond acceptors (Lipinski definition) is 3. The molecule has 2 unspecified atom stereocenters. The lowest BCUT2D eigenvalue weighted by molar-refractivity contribution is -0.115. The van der Waals surface area contributed by atoms with Gasteiger partial charge in [-0.15, -0.1) is 0 Å². The number of rotatable bonds is 2. The molecule has 1 saturated heterocycles. The van der Waals surface area contributed by atoms with Crippen LogP contribution in [0.4, 0.5) is 0 Å². The van der Waals surface area contributed by atoms with Gasteiger partial charge in [0.25, 0.3) is 0 Å². The van der Waals surface area contributed by atoms with Gasteiger partial charge < -0.3 is 9.84 Å². The van der Waals surface area contributed by atoms with E-state index < -0.39 is 0 Å². The summed E-state index contributed by atoms with van der Waals surface area (Å²) in [5.74, 6) is 0.978. The third-order valence-electron chi connectivity index (χ3n) is 4.76. The van der Waals surface area contributed by atoms with Gasteiger partial charge in [0.05, 0.1) is 5.57 Å². The van der Waals surface area contributed by atoms with Crippen molar-refractivity contribution in [2.75, 3.05) is 13.2 Å². The Morgan fingerprint density at radius 2 is 2.00 bits per heavy atom. The average Bonchev–Trinajstić information content (AvgIpc) is 2.96. The maximum Gasteiger partial charge on any atom is 0.167 e. The molecule has 2 aliphatic rings. The van der Waals surface area contributed by atoms with Crippen molar-refractivity contribution in [3.05, 3.63) is 40.6 Å². The van der Waals surface area contributed by atoms with Gasteiger partial charge in [-0.25, -0.2) is 0 Å². The molecule has 1 aromatic carbocycles. The van der Waals surface area contributed by atoms with E-state index in [-0.39, 0.29) is 17.5 Å². The molecule has 0 bridgehead atoms. The number of ether oxygens (including phenoxy) is 1. The second-order valence-electron chi connectivity index (χ2n) is 6.36. The highest BCUT2D eigenvalue weighted by atomic mass is 16.5. The predicted octanol–water partition coefficient (Wildman–Crippen LogP) is 3.59. The zero-order chi connectivity index (χ0) is 15.0. The van der Waals surface area contributed by atoms with Crippen LogP contribution in [0.1, 0.15) is 36.0 Å². The molecule has 3 heteroatoms. The van der Waals surface area contributed by atoms with Crippen LogP contribution in [0, 0.1) is 25.7 Å². The number of aliphatic hydroxyl groups is 1. The third-order valence-corrected chi connectivity index (χ3v) is 4.76. The number of carbonyl (C=O) groups is 1. The number of Topliss-reactive ketones (excluding diaryl/α,β-unsaturated/α-hetero) is 1. The lowest BCUT2D eigenvalue weighted by Crippen LogP contribution is -2.25. The topological polar surface area (TPSA) is 46.5 Å². The van der Waals surface area contributed by atoms with Crippen LogP contribution >= 0.6 is 0 Å². The number of aliphatic hydroxyl groups excluding tert-OH is 1. The molecule has 112 valence electrons. The summed E-state index contributed by atoms with van der Waals surface area (Å²) < 4.78 is 5.42. The molecule has 3 rings (SSSR count). The average molecular weight is 286 g/mol. The fourth-order valence-corrected chi connectivity index (χ4v) is 3.49. The lowest BCUT2D eigenvalue weighted by Gasteiger charge is -2.27. The first kappa shape index (κ1) is 14.3. The van der Waals surface area contributed by atoms with Crippen LogP contribution < -0.4 is 0 Å². The van der Waals surface area contributed by atoms with Gasteiger partial charge in [-0.3, -0.25) is 4.79 Å². The van der Waals surface area contributed by atoms with Crippen LogP contribution in [-0.2, 0) is 9.53 Å². The van der Waals surface area contributed by atoms with Crippen molar-refractivity contribution < 1.29 is 14.6 Å². The molecule has 1 fully saturated rings. The van der Waals surface area contributed by atoms with Crippen LogP contribution in [0.3, 0.4) is 0 Å². The first-order chi connectivity index (χ1) is 10.1. The quantitative estimate of drug-likeness (QED) is 0.903. The zero-order valence-electron chi connectivity index (χ0n) is 12.7. The summed E-state index contributed by atoms with van der Waals surface area (Å²) in [6.45, 7) is 5.50. The van der Waals surface area contributed by atoms with Crippen molar-refractivity contribution in [2.45, 2.75) is 33.1 Å². The third kappa shape index (κ3) is 2.75. The summed E-state index contributed by atoms with van der Waals surface area (Å²) in [5, 5.41) is 10.5. The minimum atomic E-state index is 0.0735. The molecule has 0 saturated carbocycles. The van der Waals surface area contributed by atoms with E-state index in [4.69, 9.17) is 4.74 Å². The summed E-state index contributed by atoms with van der Waals surface area (Å²) in [6, 6.07) is 6.04. The molecular weight excluding hydrogens is 264 g/mol. The second kappa shape index (κ2) is 5.64. The van der Waals surface area contributed by atoms with Crippen molar-refractivity contribution in [3.63, 3.8) is 0 Å². The fraction of sp³-hybridized carbons (Fsp3) is 0.500. The van der Waals surface area contributed by atoms with E-state index in [0.717, 1.165) is 36.3 Å². The smallest absolute Gasteiger partial charge is 0.167 e. The monoisotopic (exact) mass is 286 g/mol. The Labute approximate surface area is 125 Å². The molecule has 1 N–H and O–H groups in total. The zero-order valence-corrected chi connectivity index (χ0v) is 12.7. The maximum atomic E-state index is 12.6. The van der Waals surface area contributed by atoms with Crippen LogP contribution in [-0.4, -0.2) is 24.1 Å². The predicted molar refractivity (Wildman–Crippen MR) is 82.1 cm³/mol. The number of allylic oxidation sites excluding steroid dienone is 2. The van der Waals surface area contributed by atoms with E-state index in [1.165, 1.54) is 0 Å². The van der Waals surface area contributed by atoms with E-state index in [0.29, 0.717) is 24.3 Å². The molecule has 0 aromatic heterocycles. The number of ketones is 1. The normalized spacial score (nSPS) is 26.5. The Balaban J connectivity index is 1.93. The molecule has 2 atom stereocenters. The van der Waals surface area contributed by atoms with Gasteiger partial charge in [0.15, 0.2) is 5.78 Å². The van der Waals surface area contributed by atoms with E-state index in [1.807, 2.05) is 32.0 Å². The lowest BCUT2D eigenvalue weighted by atomic mass is 9.76. The number of hydrogen-bond donors (Lipinski definition) is 1. The van der Waals surface area contributed by atoms with Crippen LogP contribution in [0.15, 0.2) is 24.0 Å². The van der Waals surface area contributed by atoms with Gasteiger partial charge in [-0.2, -0.15) is 0 Å². The Bertz CT molecular complexity index is 594. The molecule has 0 amide bonds. The van der Waals surface area contributed by atoms with Crippen LogP contribution in [0.2, 0.25) is 0 Å². The minimum absolute atomic E-state index is 0.0735. The first-order valence-electron chi connectivity index (χ1n) is 7.67. The Hall–Kier alpha value is -1.61. The summed E-state index contributed by atoms with van der Waals surface area (Å²) in [7, 11) is 0. The van der Waals surface area contributed by atoms with Gasteiger partial charge in [0, 0.05) is 26.1 Å². The van der Waals surface area contributed by atoms with Crippen LogP contribution in [0.25, 0.3) is 5.57 Å². The van der Waals surface area contributed by atoms with Gasteiger partial charge in [-0.1, -0.05) is 23.8 Å². The molecule has 21 heavy (non-hydrogen) atoms. The minimum Gasteiger partial charge on any atom is -0.512 e. The molecule has 1 aliphatic heterocycles. The highest BCUT2D eigenvalue weighted by molar-refractivity contribution is 6.22. The van der Waals surface area contributed by atoms with E-state index in [9.17, 15) is 9.90 Å². The Morgan fingerprint density at radius 1 is 1.19 bits per heavy atom. The molecule has 1 aliphatic carbocycles. The summed E-state index contributed by atoms with van der Waals surface area (Å²) in [5.41, 5.74) is 3.57.